The summed E-state index contributed by atoms with van der Waals surface area (Å²) in [6.07, 6.45) is 0. The van der Waals surface area contributed by atoms with Crippen LogP contribution in [0, 0.1) is 0 Å². The smallest absolute Gasteiger partial charge is 0 e. The molecule has 0 aliphatic rings. The maximum Gasteiger partial charge on any atom is 0 e. The number of rotatable bonds is 0. The molecule has 0 amide bonds. The predicted molar refractivity (Wildman–Crippen MR) is 5.75 cm³/mol. The summed E-state index contributed by atoms with van der Waals surface area (Å²) in [6.45, 7) is 0. The second-order valence-corrected chi connectivity index (χ2v) is 0. The normalized spacial score (nSPS) is 0. The fourth-order valence-electron chi connectivity index (χ4n) is 0. The Morgan fingerprint density at radius 2 is 1.00 bits per heavy atom. The molecule has 0 nitrogen and oxygen atoms in total. The average molecular weight is 565 g/mol. The second kappa shape index (κ2) is 49.7. The molecule has 0 atom stereocenters. The first kappa shape index (κ1) is 67.3. The van der Waals surface area contributed by atoms with E-state index in [4.69, 9.17) is 0 Å². The molecule has 0 saturated carbocycles. The molecule has 7 heavy (non-hydrogen) atoms. The van der Waals surface area contributed by atoms with E-state index in [1.807, 2.05) is 0 Å². The van der Waals surface area contributed by atoms with Crippen molar-refractivity contribution in [3.05, 3.63) is 0 Å². The van der Waals surface area contributed by atoms with E-state index in [1.54, 1.807) is 0 Å². The minimum atomic E-state index is 0. The first-order valence-corrected chi connectivity index (χ1v) is 0. The van der Waals surface area contributed by atoms with Crippen molar-refractivity contribution in [2.24, 2.45) is 0 Å². The third-order valence-electron chi connectivity index (χ3n) is 0. The minimum absolute atomic E-state index is 0. The molecule has 0 N–H and O–H groups in total. The van der Waals surface area contributed by atoms with E-state index in [0.717, 1.165) is 0 Å². The number of hydrogen-bond acceptors (Lipinski definition) is 0. The first-order chi connectivity index (χ1) is 0. The topological polar surface area (TPSA) is 0 Å². The molecular formula is CoCuFeMnNiPbZn. The molecule has 7 heteroatoms. The minimum Gasteiger partial charge on any atom is 0 e. The van der Waals surface area contributed by atoms with Crippen molar-refractivity contribution < 1.29 is 104 Å². The van der Waals surface area contributed by atoms with E-state index in [1.165, 1.54) is 0 Å². The zero-order valence-corrected chi connectivity index (χ0v) is 15.0. The summed E-state index contributed by atoms with van der Waals surface area (Å²) in [7, 11) is 0. The Hall–Kier alpha value is 4.10. The van der Waals surface area contributed by atoms with E-state index in [2.05, 4.69) is 0 Å². The Labute approximate surface area is 129 Å². The van der Waals surface area contributed by atoms with E-state index < -0.39 is 0 Å². The van der Waals surface area contributed by atoms with Crippen LogP contribution in [0.15, 0.2) is 0 Å². The molecule has 0 aromatic heterocycles. The van der Waals surface area contributed by atoms with Crippen LogP contribution in [0.25, 0.3) is 0 Å². The SMILES string of the molecule is [Co].[Cu].[Fe].[Mn].[Ni].[Pb].[Zn]. The van der Waals surface area contributed by atoms with Crippen molar-refractivity contribution in [3.63, 3.8) is 0 Å². The zero-order valence-electron chi connectivity index (χ0n) is 2.89. The van der Waals surface area contributed by atoms with Gasteiger partial charge in [-0.05, 0) is 0 Å². The van der Waals surface area contributed by atoms with Gasteiger partial charge in [-0.3, -0.25) is 0 Å². The summed E-state index contributed by atoms with van der Waals surface area (Å²) in [5, 5.41) is 0. The molecule has 0 aromatic rings. The van der Waals surface area contributed by atoms with Crippen LogP contribution in [-0.2, 0) is 104 Å². The number of hydrogen-bond donors (Lipinski definition) is 0. The van der Waals surface area contributed by atoms with Crippen LogP contribution in [0.5, 0.6) is 0 Å². The maximum absolute atomic E-state index is 0. The first-order valence-electron chi connectivity index (χ1n) is 0. The van der Waals surface area contributed by atoms with Crippen molar-refractivity contribution in [3.8, 4) is 0 Å². The molecule has 0 saturated heterocycles. The summed E-state index contributed by atoms with van der Waals surface area (Å²) >= 11 is 0. The van der Waals surface area contributed by atoms with Crippen LogP contribution in [0.2, 0.25) is 0 Å². The molecular weight excluding hydrogens is 565 g/mol. The molecule has 0 heterocycles. The summed E-state index contributed by atoms with van der Waals surface area (Å²) in [5.74, 6) is 0. The second-order valence-electron chi connectivity index (χ2n) is 0. The summed E-state index contributed by atoms with van der Waals surface area (Å²) in [4.78, 5) is 0. The van der Waals surface area contributed by atoms with Crippen molar-refractivity contribution in [2.45, 2.75) is 0 Å². The van der Waals surface area contributed by atoms with Crippen molar-refractivity contribution >= 4 is 27.3 Å². The molecule has 0 aliphatic carbocycles. The Balaban J connectivity index is 0. The molecule has 0 spiro atoms. The summed E-state index contributed by atoms with van der Waals surface area (Å²) in [6, 6.07) is 0. The van der Waals surface area contributed by atoms with Gasteiger partial charge in [0, 0.05) is 131 Å². The van der Waals surface area contributed by atoms with Gasteiger partial charge in [-0.2, -0.15) is 0 Å². The third-order valence-corrected chi connectivity index (χ3v) is 0. The Morgan fingerprint density at radius 3 is 1.00 bits per heavy atom. The van der Waals surface area contributed by atoms with Gasteiger partial charge in [-0.1, -0.05) is 0 Å². The van der Waals surface area contributed by atoms with Crippen molar-refractivity contribution in [2.75, 3.05) is 0 Å². The fraction of sp³-hybridized carbons (Fsp3) is 0. The zero-order chi connectivity index (χ0) is 0. The van der Waals surface area contributed by atoms with Gasteiger partial charge in [-0.15, -0.1) is 0 Å². The van der Waals surface area contributed by atoms with Crippen LogP contribution in [-0.4, -0.2) is 27.3 Å². The summed E-state index contributed by atoms with van der Waals surface area (Å²) < 4.78 is 0. The Morgan fingerprint density at radius 1 is 1.00 bits per heavy atom. The Kier molecular flexibility index (Phi) is 478. The standard InChI is InChI=1S/Co.Cu.Fe.Mn.Ni.Pb.Zn. The van der Waals surface area contributed by atoms with Gasteiger partial charge in [0.1, 0.15) is 0 Å². The van der Waals surface area contributed by atoms with Crippen LogP contribution in [0.3, 0.4) is 0 Å². The van der Waals surface area contributed by atoms with Gasteiger partial charge in [0.05, 0.1) is 0 Å². The van der Waals surface area contributed by atoms with Gasteiger partial charge < -0.3 is 0 Å². The van der Waals surface area contributed by atoms with Gasteiger partial charge in [0.25, 0.3) is 0 Å². The molecule has 0 bridgehead atoms. The van der Waals surface area contributed by atoms with Crippen molar-refractivity contribution in [1.29, 1.82) is 0 Å². The molecule has 0 fully saturated rings. The van der Waals surface area contributed by atoms with E-state index in [0.29, 0.717) is 0 Å². The van der Waals surface area contributed by atoms with Gasteiger partial charge >= 0.3 is 0 Å². The van der Waals surface area contributed by atoms with E-state index >= 15 is 0 Å². The maximum atomic E-state index is 0. The van der Waals surface area contributed by atoms with Crippen LogP contribution in [0.1, 0.15) is 0 Å². The largest absolute Gasteiger partial charge is 0 e. The monoisotopic (exact) mass is 563 g/mol. The predicted octanol–water partition coefficient (Wildman–Crippen LogP) is -0.396. The Bertz CT molecular complexity index is 19.7. The van der Waals surface area contributed by atoms with Gasteiger partial charge in [-0.25, -0.2) is 0 Å². The molecule has 0 rings (SSSR count). The quantitative estimate of drug-likeness (QED) is 0.352. The van der Waals surface area contributed by atoms with Crippen LogP contribution >= 0.6 is 0 Å². The van der Waals surface area contributed by atoms with Gasteiger partial charge in [0.2, 0.25) is 0 Å². The van der Waals surface area contributed by atoms with Crippen LogP contribution in [0.4, 0.5) is 0 Å². The van der Waals surface area contributed by atoms with E-state index in [9.17, 15) is 0 Å². The summed E-state index contributed by atoms with van der Waals surface area (Å²) in [5.41, 5.74) is 0. The van der Waals surface area contributed by atoms with Gasteiger partial charge in [0.15, 0.2) is 0 Å². The average Bonchev–Trinajstić information content (AvgIpc) is 0. The molecule has 0 aliphatic heterocycles. The molecule has 7 radical (unpaired) electrons. The van der Waals surface area contributed by atoms with Crippen molar-refractivity contribution in [1.82, 2.24) is 0 Å². The molecule has 0 aromatic carbocycles. The fourth-order valence-corrected chi connectivity index (χ4v) is 0. The molecule has 0 unspecified atom stereocenters. The van der Waals surface area contributed by atoms with Crippen LogP contribution < -0.4 is 0 Å². The molecule has 51 valence electrons. The van der Waals surface area contributed by atoms with E-state index in [-0.39, 0.29) is 131 Å². The third kappa shape index (κ3) is 39.4.